The molecule has 0 amide bonds. The maximum atomic E-state index is 11.1. The van der Waals surface area contributed by atoms with Crippen LogP contribution in [-0.2, 0) is 7.05 Å². The van der Waals surface area contributed by atoms with Gasteiger partial charge in [-0.25, -0.2) is 9.67 Å². The minimum Gasteiger partial charge on any atom is -0.496 e. The molecule has 34 heavy (non-hydrogen) atoms. The smallest absolute Gasteiger partial charge is 0.262 e. The molecule has 1 saturated carbocycles. The van der Waals surface area contributed by atoms with Gasteiger partial charge in [0.25, 0.3) is 5.69 Å². The average Bonchev–Trinajstić information content (AvgIpc) is 3.35. The Kier molecular flexibility index (Phi) is 5.67. The van der Waals surface area contributed by atoms with Crippen LogP contribution < -0.4 is 9.47 Å². The van der Waals surface area contributed by atoms with Gasteiger partial charge in [0.1, 0.15) is 18.1 Å². The first kappa shape index (κ1) is 21.9. The Balaban J connectivity index is 1.60. The summed E-state index contributed by atoms with van der Waals surface area (Å²) < 4.78 is 10.3. The van der Waals surface area contributed by atoms with E-state index in [-0.39, 0.29) is 6.04 Å². The SMILES string of the molecule is COc1cc([C@@H](CC2CC2)n2cc(-c3ncnn3C)cn2)[n+](O)cc1-c1cc(Cl)ccc1C#N. The van der Waals surface area contributed by atoms with Crippen LogP contribution in [0, 0.1) is 17.2 Å². The Bertz CT molecular complexity index is 1400. The number of pyridine rings is 1. The lowest BCUT2D eigenvalue weighted by atomic mass is 9.99. The Hall–Kier alpha value is -3.90. The minimum atomic E-state index is -0.225. The molecule has 172 valence electrons. The highest BCUT2D eigenvalue weighted by molar-refractivity contribution is 6.31. The minimum absolute atomic E-state index is 0.225. The Labute approximate surface area is 201 Å². The van der Waals surface area contributed by atoms with Crippen LogP contribution in [0.15, 0.2) is 49.2 Å². The highest BCUT2D eigenvalue weighted by Crippen LogP contribution is 2.40. The van der Waals surface area contributed by atoms with Crippen LogP contribution in [0.3, 0.4) is 0 Å². The Morgan fingerprint density at radius 3 is 2.79 bits per heavy atom. The molecule has 5 rings (SSSR count). The van der Waals surface area contributed by atoms with E-state index in [0.29, 0.717) is 44.9 Å². The second-order valence-corrected chi connectivity index (χ2v) is 8.87. The highest BCUT2D eigenvalue weighted by atomic mass is 35.5. The van der Waals surface area contributed by atoms with Crippen molar-refractivity contribution in [2.24, 2.45) is 13.0 Å². The number of rotatable bonds is 7. The summed E-state index contributed by atoms with van der Waals surface area (Å²) in [5, 5.41) is 29.9. The predicted molar refractivity (Wildman–Crippen MR) is 123 cm³/mol. The maximum absolute atomic E-state index is 11.1. The van der Waals surface area contributed by atoms with Gasteiger partial charge in [-0.05, 0) is 30.5 Å². The molecule has 0 radical (unpaired) electrons. The van der Waals surface area contributed by atoms with E-state index in [0.717, 1.165) is 29.6 Å². The second kappa shape index (κ2) is 8.80. The van der Waals surface area contributed by atoms with Gasteiger partial charge in [-0.2, -0.15) is 15.5 Å². The molecule has 0 saturated heterocycles. The van der Waals surface area contributed by atoms with E-state index >= 15 is 0 Å². The van der Waals surface area contributed by atoms with Gasteiger partial charge in [-0.1, -0.05) is 24.4 Å². The number of hydrogen-bond acceptors (Lipinski definition) is 6. The Morgan fingerprint density at radius 1 is 1.29 bits per heavy atom. The molecule has 1 aliphatic rings. The first-order valence-electron chi connectivity index (χ1n) is 10.9. The van der Waals surface area contributed by atoms with E-state index in [1.807, 2.05) is 17.9 Å². The Morgan fingerprint density at radius 2 is 2.12 bits per heavy atom. The summed E-state index contributed by atoms with van der Waals surface area (Å²) in [7, 11) is 3.40. The molecule has 4 aromatic rings. The van der Waals surface area contributed by atoms with Crippen LogP contribution in [0.1, 0.15) is 36.6 Å². The zero-order chi connectivity index (χ0) is 23.8. The fraction of sp³-hybridized carbons (Fsp3) is 0.292. The van der Waals surface area contributed by atoms with Gasteiger partial charge in [-0.3, -0.25) is 9.89 Å². The summed E-state index contributed by atoms with van der Waals surface area (Å²) in [4.78, 5) is 4.31. The van der Waals surface area contributed by atoms with Gasteiger partial charge in [0, 0.05) is 28.6 Å². The summed E-state index contributed by atoms with van der Waals surface area (Å²) in [5.74, 6) is 1.81. The van der Waals surface area contributed by atoms with Crippen LogP contribution in [0.4, 0.5) is 0 Å². The molecule has 3 heterocycles. The van der Waals surface area contributed by atoms with Crippen molar-refractivity contribution in [2.75, 3.05) is 7.11 Å². The largest absolute Gasteiger partial charge is 0.496 e. The molecule has 1 aromatic carbocycles. The number of halogens is 1. The number of ether oxygens (including phenoxy) is 1. The van der Waals surface area contributed by atoms with E-state index in [4.69, 9.17) is 16.3 Å². The lowest BCUT2D eigenvalue weighted by molar-refractivity contribution is -0.910. The third-order valence-electron chi connectivity index (χ3n) is 6.16. The third-order valence-corrected chi connectivity index (χ3v) is 6.39. The van der Waals surface area contributed by atoms with Crippen molar-refractivity contribution in [3.63, 3.8) is 0 Å². The highest BCUT2D eigenvalue weighted by Gasteiger charge is 2.35. The van der Waals surface area contributed by atoms with E-state index in [1.165, 1.54) is 6.33 Å². The van der Waals surface area contributed by atoms with E-state index in [2.05, 4.69) is 21.3 Å². The quantitative estimate of drug-likeness (QED) is 0.321. The van der Waals surface area contributed by atoms with Gasteiger partial charge in [0.15, 0.2) is 5.82 Å². The number of nitrogens with zero attached hydrogens (tertiary/aromatic N) is 7. The van der Waals surface area contributed by atoms with Crippen LogP contribution >= 0.6 is 11.6 Å². The van der Waals surface area contributed by atoms with Crippen LogP contribution in [-0.4, -0.2) is 36.9 Å². The normalized spacial score (nSPS) is 14.1. The molecule has 1 atom stereocenters. The number of aromatic nitrogens is 6. The number of methoxy groups -OCH3 is 1. The second-order valence-electron chi connectivity index (χ2n) is 8.44. The first-order valence-corrected chi connectivity index (χ1v) is 11.3. The standard InChI is InChI=1S/C24H23ClN7O2/c1-30-24(27-14-29-30)17-11-28-31(12-17)21(7-15-3-4-15)22-9-23(34-2)20(13-32(22)33)19-8-18(25)6-5-16(19)10-26/h5-6,8-9,11-15,21,33H,3-4,7H2,1-2H3/q+1/t21-/m1/s1. The average molecular weight is 477 g/mol. The van der Waals surface area contributed by atoms with Crippen LogP contribution in [0.2, 0.25) is 5.02 Å². The topological polar surface area (TPSA) is 106 Å². The molecular weight excluding hydrogens is 454 g/mol. The summed E-state index contributed by atoms with van der Waals surface area (Å²) in [6, 6.07) is 8.76. The van der Waals surface area contributed by atoms with Crippen molar-refractivity contribution in [3.8, 4) is 34.3 Å². The van der Waals surface area contributed by atoms with Gasteiger partial charge >= 0.3 is 0 Å². The molecule has 0 spiro atoms. The number of nitriles is 1. The van der Waals surface area contributed by atoms with Gasteiger partial charge in [0.2, 0.25) is 6.20 Å². The zero-order valence-electron chi connectivity index (χ0n) is 18.8. The summed E-state index contributed by atoms with van der Waals surface area (Å²) >= 11 is 6.20. The first-order chi connectivity index (χ1) is 16.5. The molecule has 9 nitrogen and oxygen atoms in total. The molecular formula is C24H23ClN7O2+. The molecule has 1 fully saturated rings. The fourth-order valence-corrected chi connectivity index (χ4v) is 4.38. The molecule has 1 N–H and O–H groups in total. The maximum Gasteiger partial charge on any atom is 0.262 e. The summed E-state index contributed by atoms with van der Waals surface area (Å²) in [6.45, 7) is 0. The van der Waals surface area contributed by atoms with Gasteiger partial charge in [-0.15, -0.1) is 0 Å². The molecule has 3 aromatic heterocycles. The lowest BCUT2D eigenvalue weighted by Gasteiger charge is -2.16. The van der Waals surface area contributed by atoms with E-state index in [1.54, 1.807) is 48.5 Å². The molecule has 0 aliphatic heterocycles. The van der Waals surface area contributed by atoms with Crippen molar-refractivity contribution in [1.29, 1.82) is 5.26 Å². The monoisotopic (exact) mass is 476 g/mol. The number of aryl methyl sites for hydroxylation is 1. The summed E-state index contributed by atoms with van der Waals surface area (Å²) in [5.41, 5.74) is 3.05. The van der Waals surface area contributed by atoms with Crippen molar-refractivity contribution >= 4 is 11.6 Å². The summed E-state index contributed by atoms with van der Waals surface area (Å²) in [6.07, 6.45) is 9.87. The number of hydrogen-bond donors (Lipinski definition) is 1. The lowest BCUT2D eigenvalue weighted by Crippen LogP contribution is -2.38. The van der Waals surface area contributed by atoms with E-state index < -0.39 is 0 Å². The van der Waals surface area contributed by atoms with Crippen LogP contribution in [0.5, 0.6) is 5.75 Å². The van der Waals surface area contributed by atoms with Crippen molar-refractivity contribution < 1.29 is 14.7 Å². The van der Waals surface area contributed by atoms with Gasteiger partial charge < -0.3 is 4.74 Å². The molecule has 0 bridgehead atoms. The van der Waals surface area contributed by atoms with E-state index in [9.17, 15) is 10.5 Å². The van der Waals surface area contributed by atoms with Crippen molar-refractivity contribution in [1.82, 2.24) is 24.5 Å². The van der Waals surface area contributed by atoms with Crippen molar-refractivity contribution in [3.05, 3.63) is 65.5 Å². The third kappa shape index (κ3) is 4.08. The molecule has 1 aliphatic carbocycles. The molecule has 10 heteroatoms. The molecule has 0 unspecified atom stereocenters. The van der Waals surface area contributed by atoms with Gasteiger partial charge in [0.05, 0.1) is 42.1 Å². The zero-order valence-corrected chi connectivity index (χ0v) is 19.5. The number of benzene rings is 1. The fourth-order valence-electron chi connectivity index (χ4n) is 4.21. The van der Waals surface area contributed by atoms with Crippen molar-refractivity contribution in [2.45, 2.75) is 25.3 Å². The predicted octanol–water partition coefficient (Wildman–Crippen LogP) is 3.79. The van der Waals surface area contributed by atoms with Crippen LogP contribution in [0.25, 0.3) is 22.5 Å².